The van der Waals surface area contributed by atoms with Crippen LogP contribution in [0.2, 0.25) is 0 Å². The number of likely N-dealkylation sites (N-methyl/N-ethyl adjacent to an activating group) is 1. The van der Waals surface area contributed by atoms with Crippen molar-refractivity contribution >= 4 is 45.7 Å². The van der Waals surface area contributed by atoms with Crippen LogP contribution in [0.5, 0.6) is 5.75 Å². The van der Waals surface area contributed by atoms with Gasteiger partial charge >= 0.3 is 0 Å². The first-order valence-corrected chi connectivity index (χ1v) is 29.8. The Morgan fingerprint density at radius 2 is 1.41 bits per heavy atom. The molecule has 3 N–H and O–H groups in total. The molecule has 3 aromatic carbocycles. The van der Waals surface area contributed by atoms with E-state index in [4.69, 9.17) is 43.5 Å². The van der Waals surface area contributed by atoms with E-state index in [0.29, 0.717) is 85.1 Å². The molecule has 0 radical (unpaired) electrons. The zero-order valence-electron chi connectivity index (χ0n) is 47.2. The molecule has 3 aromatic heterocycles. The summed E-state index contributed by atoms with van der Waals surface area (Å²) in [6.07, 6.45) is 14.8. The summed E-state index contributed by atoms with van der Waals surface area (Å²) in [5.74, 6) is 2.45. The summed E-state index contributed by atoms with van der Waals surface area (Å²) in [4.78, 5) is 46.1. The number of ether oxygens (including phenoxy) is 6. The number of carbonyl (C=O) groups is 2. The Balaban J connectivity index is 0.610. The topological polar surface area (TPSA) is 189 Å². The predicted octanol–water partition coefficient (Wildman–Crippen LogP) is 8.95. The number of nitrogens with zero attached hydrogens (tertiary/aromatic N) is 7. The minimum atomic E-state index is -0.524. The second-order valence-corrected chi connectivity index (χ2v) is 22.2. The molecule has 3 atom stereocenters. The fourth-order valence-electron chi connectivity index (χ4n) is 11.2. The van der Waals surface area contributed by atoms with Gasteiger partial charge in [-0.05, 0) is 100 Å². The fourth-order valence-corrected chi connectivity index (χ4v) is 12.2. The maximum absolute atomic E-state index is 14.4. The Morgan fingerprint density at radius 3 is 2.12 bits per heavy atom. The molecule has 2 saturated carbocycles. The van der Waals surface area contributed by atoms with Gasteiger partial charge in [0.05, 0.1) is 107 Å². The number of hydrogen-bond donors (Lipinski definition) is 3. The van der Waals surface area contributed by atoms with Crippen LogP contribution < -0.4 is 25.6 Å². The van der Waals surface area contributed by atoms with E-state index in [1.54, 1.807) is 18.4 Å². The Labute approximate surface area is 475 Å². The summed E-state index contributed by atoms with van der Waals surface area (Å²) < 4.78 is 37.4. The van der Waals surface area contributed by atoms with E-state index >= 15 is 0 Å². The van der Waals surface area contributed by atoms with Gasteiger partial charge in [-0.2, -0.15) is 5.10 Å². The molecule has 2 aliphatic carbocycles. The molecule has 3 aliphatic rings. The summed E-state index contributed by atoms with van der Waals surface area (Å²) in [5, 5.41) is 19.5. The van der Waals surface area contributed by atoms with Crippen LogP contribution >= 0.6 is 11.3 Å². The quantitative estimate of drug-likeness (QED) is 0.0363. The maximum Gasteiger partial charge on any atom is 0.246 e. The average Bonchev–Trinajstić information content (AvgIpc) is 4.29. The maximum atomic E-state index is 14.4. The number of anilines is 2. The van der Waals surface area contributed by atoms with Crippen LogP contribution in [0.3, 0.4) is 0 Å². The van der Waals surface area contributed by atoms with Gasteiger partial charge in [0.25, 0.3) is 0 Å². The molecule has 3 fully saturated rings. The van der Waals surface area contributed by atoms with E-state index < -0.39 is 6.04 Å². The van der Waals surface area contributed by atoms with Crippen molar-refractivity contribution in [2.75, 3.05) is 104 Å². The van der Waals surface area contributed by atoms with E-state index in [-0.39, 0.29) is 42.0 Å². The zero-order valence-corrected chi connectivity index (χ0v) is 48.0. The van der Waals surface area contributed by atoms with Crippen molar-refractivity contribution in [2.24, 2.45) is 5.92 Å². The van der Waals surface area contributed by atoms with Crippen LogP contribution in [0.4, 0.5) is 11.8 Å². The first-order chi connectivity index (χ1) is 39.2. The number of amides is 2. The lowest BCUT2D eigenvalue weighted by Crippen LogP contribution is -2.55. The minimum absolute atomic E-state index is 0.0205. The molecule has 1 saturated heterocycles. The van der Waals surface area contributed by atoms with Gasteiger partial charge in [-0.3, -0.25) is 9.59 Å². The molecule has 6 aromatic rings. The minimum Gasteiger partial charge on any atom is -0.491 e. The van der Waals surface area contributed by atoms with E-state index in [1.165, 1.54) is 12.0 Å². The number of benzene rings is 3. The third-order valence-electron chi connectivity index (χ3n) is 15.5. The molecular formula is C61H82N10O8S. The summed E-state index contributed by atoms with van der Waals surface area (Å²) >= 11 is 1.60. The number of nitrogens with one attached hydrogen (secondary N) is 3. The number of fused-ring (bicyclic) bond motifs is 1. The van der Waals surface area contributed by atoms with Crippen LogP contribution in [0, 0.1) is 5.92 Å². The molecule has 4 heterocycles. The molecule has 2 amide bonds. The summed E-state index contributed by atoms with van der Waals surface area (Å²) in [5.41, 5.74) is 4.90. The van der Waals surface area contributed by atoms with Gasteiger partial charge < -0.3 is 54.2 Å². The van der Waals surface area contributed by atoms with E-state index in [2.05, 4.69) is 61.5 Å². The highest BCUT2D eigenvalue weighted by molar-refractivity contribution is 7.10. The van der Waals surface area contributed by atoms with Gasteiger partial charge in [0.15, 0.2) is 0 Å². The third-order valence-corrected chi connectivity index (χ3v) is 16.5. The van der Waals surface area contributed by atoms with E-state index in [0.717, 1.165) is 114 Å². The Morgan fingerprint density at radius 1 is 0.725 bits per heavy atom. The SMILES string of the molecule is CN[C@@H](C)C(=O)N[C@H](C(=O)N1CCC[C@H]1c1nc(-c2ccc(OCCOCCOCCOCCOCCOC3CCC(Nc4nccc(-c5cnn(Cc6ccccc6)c5N(C)C)n4)CC3)c3ccccc23)cs1)C1CCCCC1. The molecule has 18 nitrogen and oxygen atoms in total. The van der Waals surface area contributed by atoms with Gasteiger partial charge in [-0.15, -0.1) is 11.3 Å². The molecule has 9 rings (SSSR count). The monoisotopic (exact) mass is 1110 g/mol. The van der Waals surface area contributed by atoms with Crippen LogP contribution in [0.25, 0.3) is 33.3 Å². The van der Waals surface area contributed by atoms with Crippen molar-refractivity contribution in [2.45, 2.75) is 114 Å². The van der Waals surface area contributed by atoms with E-state index in [1.807, 2.05) is 85.5 Å². The Kier molecular flexibility index (Phi) is 22.1. The second-order valence-electron chi connectivity index (χ2n) is 21.3. The van der Waals surface area contributed by atoms with Crippen molar-refractivity contribution < 1.29 is 38.0 Å². The number of thiazole rings is 1. The molecule has 430 valence electrons. The van der Waals surface area contributed by atoms with Crippen molar-refractivity contribution in [3.63, 3.8) is 0 Å². The molecular weight excluding hydrogens is 1030 g/mol. The lowest BCUT2D eigenvalue weighted by atomic mass is 9.83. The molecule has 0 unspecified atom stereocenters. The Hall–Kier alpha value is -6.06. The van der Waals surface area contributed by atoms with Crippen LogP contribution in [-0.4, -0.2) is 159 Å². The van der Waals surface area contributed by atoms with Gasteiger partial charge in [0.2, 0.25) is 17.8 Å². The molecule has 19 heteroatoms. The summed E-state index contributed by atoms with van der Waals surface area (Å²) in [6.45, 7) is 7.95. The van der Waals surface area contributed by atoms with Gasteiger partial charge in [-0.25, -0.2) is 19.6 Å². The standard InChI is InChI=1S/C61H82N10O8S/c1-43(62-2)57(72)68-56(45-16-9-6-10-17-45)60(73)70-29-13-20-54(70)58-66-53(42-80-58)49-25-26-55(50-19-12-11-18-48(49)50)79-39-37-77-35-33-75-31-30-74-32-34-76-36-38-78-47-23-21-46(22-24-47)65-61-63-28-27-52(67-61)51-40-64-71(59(51)69(3)4)41-44-14-7-5-8-15-44/h5,7-8,11-12,14-15,18-19,25-28,40,42-43,45-47,54,56,62H,6,9-10,13,16-17,20-24,29-39,41H2,1-4H3,(H,68,72)(H,63,65,67)/t43-,46?,47?,54-,56-/m0/s1. The average molecular weight is 1120 g/mol. The summed E-state index contributed by atoms with van der Waals surface area (Å²) in [7, 11) is 5.83. The van der Waals surface area contributed by atoms with Crippen molar-refractivity contribution in [1.82, 2.24) is 40.3 Å². The number of aromatic nitrogens is 5. The predicted molar refractivity (Wildman–Crippen MR) is 313 cm³/mol. The summed E-state index contributed by atoms with van der Waals surface area (Å²) in [6, 6.07) is 23.9. The third kappa shape index (κ3) is 15.9. The Bertz CT molecular complexity index is 2860. The highest BCUT2D eigenvalue weighted by Crippen LogP contribution is 2.40. The number of hydrogen-bond acceptors (Lipinski definition) is 16. The van der Waals surface area contributed by atoms with Crippen molar-refractivity contribution in [3.05, 3.63) is 101 Å². The lowest BCUT2D eigenvalue weighted by molar-refractivity contribution is -0.139. The van der Waals surface area contributed by atoms with Gasteiger partial charge in [0, 0.05) is 49.2 Å². The van der Waals surface area contributed by atoms with Gasteiger partial charge in [0.1, 0.15) is 29.2 Å². The molecule has 0 spiro atoms. The van der Waals surface area contributed by atoms with Crippen molar-refractivity contribution in [3.8, 4) is 28.3 Å². The largest absolute Gasteiger partial charge is 0.491 e. The molecule has 0 bridgehead atoms. The second kappa shape index (κ2) is 30.1. The number of likely N-dealkylation sites (tertiary alicyclic amines) is 1. The van der Waals surface area contributed by atoms with Crippen LogP contribution in [0.1, 0.15) is 94.2 Å². The smallest absolute Gasteiger partial charge is 0.246 e. The first-order valence-electron chi connectivity index (χ1n) is 28.9. The fraction of sp³-hybridized carbons (Fsp3) is 0.541. The molecule has 80 heavy (non-hydrogen) atoms. The highest BCUT2D eigenvalue weighted by Gasteiger charge is 2.40. The number of carbonyl (C=O) groups excluding carboxylic acids is 2. The lowest BCUT2D eigenvalue weighted by Gasteiger charge is -2.35. The molecule has 1 aliphatic heterocycles. The highest BCUT2D eigenvalue weighted by atomic mass is 32.1. The zero-order chi connectivity index (χ0) is 55.5. The van der Waals surface area contributed by atoms with Crippen LogP contribution in [-0.2, 0) is 39.8 Å². The van der Waals surface area contributed by atoms with Crippen LogP contribution in [0.15, 0.2) is 90.6 Å². The van der Waals surface area contributed by atoms with Gasteiger partial charge in [-0.1, -0.05) is 73.9 Å². The number of rotatable bonds is 30. The normalized spacial score (nSPS) is 18.6. The van der Waals surface area contributed by atoms with E-state index in [9.17, 15) is 9.59 Å². The van der Waals surface area contributed by atoms with Crippen molar-refractivity contribution in [1.29, 1.82) is 0 Å². The first kappa shape index (κ1) is 58.6.